The first-order valence-corrected chi connectivity index (χ1v) is 16.5. The van der Waals surface area contributed by atoms with Crippen LogP contribution in [0.1, 0.15) is 60.8 Å². The first-order chi connectivity index (χ1) is 20.7. The van der Waals surface area contributed by atoms with Crippen LogP contribution in [0.4, 0.5) is 10.5 Å². The number of benzene rings is 3. The molecular formula is C35H32Br2N2O4. The van der Waals surface area contributed by atoms with Gasteiger partial charge in [-0.3, -0.25) is 14.9 Å². The maximum atomic E-state index is 13.6. The van der Waals surface area contributed by atoms with Crippen molar-refractivity contribution in [2.75, 3.05) is 4.90 Å². The Bertz CT molecular complexity index is 1620. The smallest absolute Gasteiger partial charge is 0.335 e. The summed E-state index contributed by atoms with van der Waals surface area (Å²) in [5, 5.41) is 2.35. The minimum absolute atomic E-state index is 0.114. The van der Waals surface area contributed by atoms with Gasteiger partial charge in [-0.15, -0.1) is 0 Å². The van der Waals surface area contributed by atoms with Crippen LogP contribution in [-0.4, -0.2) is 17.8 Å². The molecule has 0 radical (unpaired) electrons. The number of carbonyl (C=O) groups excluding carboxylic acids is 3. The zero-order chi connectivity index (χ0) is 29.9. The van der Waals surface area contributed by atoms with Crippen LogP contribution < -0.4 is 15.0 Å². The SMILES string of the molecule is Cc1cccc(COc2c(Br)cc(/C=C3\C(=O)NC(=O)N(c4ccc(C56CC7CC(CC(C7)C5)C6)cc4)C3=O)cc2Br)c1. The van der Waals surface area contributed by atoms with Gasteiger partial charge in [0, 0.05) is 0 Å². The third kappa shape index (κ3) is 5.37. The van der Waals surface area contributed by atoms with Gasteiger partial charge in [0.15, 0.2) is 0 Å². The van der Waals surface area contributed by atoms with Crippen molar-refractivity contribution in [3.63, 3.8) is 0 Å². The van der Waals surface area contributed by atoms with Gasteiger partial charge in [-0.25, -0.2) is 9.69 Å². The lowest BCUT2D eigenvalue weighted by Crippen LogP contribution is -2.54. The van der Waals surface area contributed by atoms with Crippen molar-refractivity contribution in [1.82, 2.24) is 5.32 Å². The Balaban J connectivity index is 1.12. The van der Waals surface area contributed by atoms with Gasteiger partial charge < -0.3 is 4.74 Å². The molecule has 6 nitrogen and oxygen atoms in total. The number of barbiturate groups is 1. The number of imide groups is 2. The van der Waals surface area contributed by atoms with E-state index in [1.54, 1.807) is 12.1 Å². The van der Waals surface area contributed by atoms with E-state index in [4.69, 9.17) is 4.74 Å². The van der Waals surface area contributed by atoms with Crippen LogP contribution in [0.5, 0.6) is 5.75 Å². The topological polar surface area (TPSA) is 75.7 Å². The summed E-state index contributed by atoms with van der Waals surface area (Å²) in [6.07, 6.45) is 9.34. The van der Waals surface area contributed by atoms with Gasteiger partial charge in [-0.2, -0.15) is 0 Å². The van der Waals surface area contributed by atoms with Gasteiger partial charge in [0.05, 0.1) is 14.6 Å². The van der Waals surface area contributed by atoms with E-state index in [0.717, 1.165) is 33.8 Å². The number of anilines is 1. The summed E-state index contributed by atoms with van der Waals surface area (Å²) < 4.78 is 7.39. The highest BCUT2D eigenvalue weighted by atomic mass is 79.9. The first kappa shape index (κ1) is 28.5. The zero-order valence-corrected chi connectivity index (χ0v) is 27.0. The number of aryl methyl sites for hydroxylation is 1. The fourth-order valence-corrected chi connectivity index (χ4v) is 9.70. The maximum Gasteiger partial charge on any atom is 0.335 e. The van der Waals surface area contributed by atoms with Crippen LogP contribution >= 0.6 is 31.9 Å². The average molecular weight is 704 g/mol. The Morgan fingerprint density at radius 3 is 2.14 bits per heavy atom. The number of nitrogens with one attached hydrogen (secondary N) is 1. The van der Waals surface area contributed by atoms with E-state index < -0.39 is 17.8 Å². The second-order valence-electron chi connectivity index (χ2n) is 12.8. The van der Waals surface area contributed by atoms with Crippen molar-refractivity contribution < 1.29 is 19.1 Å². The summed E-state index contributed by atoms with van der Waals surface area (Å²) >= 11 is 7.14. The van der Waals surface area contributed by atoms with Crippen LogP contribution in [-0.2, 0) is 21.6 Å². The number of urea groups is 1. The number of hydrogen-bond donors (Lipinski definition) is 1. The number of halogens is 2. The zero-order valence-electron chi connectivity index (χ0n) is 23.9. The number of rotatable bonds is 6. The standard InChI is InChI=1S/C35H32Br2N2O4/c1-20-3-2-4-21(9-20)19-43-31-29(36)14-22(15-30(31)37)13-28-32(40)38-34(42)39(33(28)41)27-7-5-26(6-8-27)35-16-23-10-24(17-35)12-25(11-23)18-35/h2-9,13-15,23-25H,10-12,16-19H2,1H3,(H,38,40,42)/b28-13+. The van der Waals surface area contributed by atoms with Crippen molar-refractivity contribution >= 4 is 61.5 Å². The van der Waals surface area contributed by atoms with Crippen molar-refractivity contribution in [3.05, 3.63) is 97.4 Å². The van der Waals surface area contributed by atoms with Crippen LogP contribution in [0.3, 0.4) is 0 Å². The number of nitrogens with zero attached hydrogens (tertiary/aromatic N) is 1. The van der Waals surface area contributed by atoms with E-state index in [2.05, 4.69) is 55.4 Å². The molecule has 3 aromatic carbocycles. The second kappa shape index (κ2) is 11.0. The largest absolute Gasteiger partial charge is 0.487 e. The predicted molar refractivity (Wildman–Crippen MR) is 173 cm³/mol. The second-order valence-corrected chi connectivity index (χ2v) is 14.5. The third-order valence-corrected chi connectivity index (χ3v) is 10.9. The molecule has 1 heterocycles. The molecule has 220 valence electrons. The van der Waals surface area contributed by atoms with Crippen molar-refractivity contribution in [2.24, 2.45) is 17.8 Å². The molecule has 3 aromatic rings. The van der Waals surface area contributed by atoms with Gasteiger partial charge >= 0.3 is 6.03 Å². The minimum Gasteiger partial charge on any atom is -0.487 e. The third-order valence-electron chi connectivity index (χ3n) is 9.68. The molecule has 0 unspecified atom stereocenters. The van der Waals surface area contributed by atoms with E-state index in [-0.39, 0.29) is 11.0 Å². The molecule has 5 aliphatic rings. The van der Waals surface area contributed by atoms with Crippen molar-refractivity contribution in [2.45, 2.75) is 57.5 Å². The molecule has 0 aromatic heterocycles. The molecular weight excluding hydrogens is 672 g/mol. The van der Waals surface area contributed by atoms with E-state index >= 15 is 0 Å². The summed E-state index contributed by atoms with van der Waals surface area (Å²) in [6.45, 7) is 2.42. The van der Waals surface area contributed by atoms with Gasteiger partial charge in [0.2, 0.25) is 0 Å². The Hall–Kier alpha value is -3.23. The predicted octanol–water partition coefficient (Wildman–Crippen LogP) is 8.23. The van der Waals surface area contributed by atoms with E-state index in [9.17, 15) is 14.4 Å². The van der Waals surface area contributed by atoms with E-state index in [1.807, 2.05) is 37.3 Å². The minimum atomic E-state index is -0.739. The molecule has 1 N–H and O–H groups in total. The lowest BCUT2D eigenvalue weighted by atomic mass is 9.48. The fourth-order valence-electron chi connectivity index (χ4n) is 8.25. The Morgan fingerprint density at radius 2 is 1.53 bits per heavy atom. The summed E-state index contributed by atoms with van der Waals surface area (Å²) in [5.74, 6) is 1.72. The summed E-state index contributed by atoms with van der Waals surface area (Å²) in [5.41, 5.74) is 4.68. The van der Waals surface area contributed by atoms with E-state index in [1.165, 1.54) is 50.2 Å². The Kier molecular flexibility index (Phi) is 7.33. The molecule has 0 atom stereocenters. The molecule has 43 heavy (non-hydrogen) atoms. The number of hydrogen-bond acceptors (Lipinski definition) is 4. The lowest BCUT2D eigenvalue weighted by Gasteiger charge is -2.57. The number of ether oxygens (including phenoxy) is 1. The number of amides is 4. The Morgan fingerprint density at radius 1 is 0.907 bits per heavy atom. The van der Waals surface area contributed by atoms with Crippen LogP contribution in [0.2, 0.25) is 0 Å². The molecule has 8 rings (SSSR count). The summed E-state index contributed by atoms with van der Waals surface area (Å²) in [7, 11) is 0. The summed E-state index contributed by atoms with van der Waals surface area (Å²) in [4.78, 5) is 40.4. The van der Waals surface area contributed by atoms with Crippen LogP contribution in [0, 0.1) is 24.7 Å². The Labute approximate surface area is 268 Å². The molecule has 0 spiro atoms. The average Bonchev–Trinajstić information content (AvgIpc) is 2.94. The van der Waals surface area contributed by atoms with E-state index in [0.29, 0.717) is 32.6 Å². The van der Waals surface area contributed by atoms with Crippen molar-refractivity contribution in [1.29, 1.82) is 0 Å². The molecule has 4 aliphatic carbocycles. The van der Waals surface area contributed by atoms with Crippen LogP contribution in [0.25, 0.3) is 6.08 Å². The molecule has 4 saturated carbocycles. The van der Waals surface area contributed by atoms with Gasteiger partial charge in [0.1, 0.15) is 17.9 Å². The van der Waals surface area contributed by atoms with Crippen LogP contribution in [0.15, 0.2) is 75.2 Å². The monoisotopic (exact) mass is 702 g/mol. The molecule has 4 bridgehead atoms. The highest BCUT2D eigenvalue weighted by Crippen LogP contribution is 2.60. The molecule has 8 heteroatoms. The molecule has 1 saturated heterocycles. The number of carbonyl (C=O) groups is 3. The van der Waals surface area contributed by atoms with Gasteiger partial charge in [-0.1, -0.05) is 42.0 Å². The highest BCUT2D eigenvalue weighted by molar-refractivity contribution is 9.11. The molecule has 5 fully saturated rings. The van der Waals surface area contributed by atoms with Gasteiger partial charge in [0.25, 0.3) is 11.8 Å². The quantitative estimate of drug-likeness (QED) is 0.207. The summed E-state index contributed by atoms with van der Waals surface area (Å²) in [6, 6.07) is 18.8. The van der Waals surface area contributed by atoms with Gasteiger partial charge in [-0.05, 0) is 148 Å². The first-order valence-electron chi connectivity index (χ1n) is 14.9. The lowest BCUT2D eigenvalue weighted by molar-refractivity contribution is -0.122. The fraction of sp³-hybridized carbons (Fsp3) is 0.343. The normalized spacial score (nSPS) is 27.1. The molecule has 4 amide bonds. The molecule has 1 aliphatic heterocycles. The maximum absolute atomic E-state index is 13.6. The van der Waals surface area contributed by atoms with Crippen molar-refractivity contribution in [3.8, 4) is 5.75 Å². The highest BCUT2D eigenvalue weighted by Gasteiger charge is 2.51.